The van der Waals surface area contributed by atoms with Gasteiger partial charge in [-0.3, -0.25) is 9.78 Å². The Balaban J connectivity index is 1.91. The maximum absolute atomic E-state index is 11.2. The summed E-state index contributed by atoms with van der Waals surface area (Å²) in [6.07, 6.45) is 2.49. The van der Waals surface area contributed by atoms with E-state index in [0.717, 1.165) is 17.4 Å². The van der Waals surface area contributed by atoms with Crippen LogP contribution in [-0.2, 0) is 6.61 Å². The van der Waals surface area contributed by atoms with Crippen LogP contribution in [0.3, 0.4) is 0 Å². The van der Waals surface area contributed by atoms with Gasteiger partial charge in [0.1, 0.15) is 12.4 Å². The van der Waals surface area contributed by atoms with Crippen LogP contribution in [0, 0.1) is 0 Å². The number of ether oxygens (including phenoxy) is 1. The number of carbonyl (C=O) groups is 1. The first-order valence-electron chi connectivity index (χ1n) is 7.05. The third-order valence-corrected chi connectivity index (χ3v) is 3.35. The fraction of sp³-hybridized carbons (Fsp3) is 0.0526. The van der Waals surface area contributed by atoms with Crippen LogP contribution < -0.4 is 4.74 Å². The minimum Gasteiger partial charge on any atom is -0.488 e. The van der Waals surface area contributed by atoms with Crippen LogP contribution >= 0.6 is 0 Å². The molecule has 0 saturated carbocycles. The third kappa shape index (κ3) is 3.04. The van der Waals surface area contributed by atoms with Crippen molar-refractivity contribution in [3.8, 4) is 17.0 Å². The number of para-hydroxylation sites is 1. The summed E-state index contributed by atoms with van der Waals surface area (Å²) in [7, 11) is 0. The monoisotopic (exact) mass is 289 g/mol. The average Bonchev–Trinajstić information content (AvgIpc) is 2.61. The zero-order valence-electron chi connectivity index (χ0n) is 12.0. The van der Waals surface area contributed by atoms with Crippen LogP contribution in [0.1, 0.15) is 15.9 Å². The molecule has 0 N–H and O–H groups in total. The van der Waals surface area contributed by atoms with E-state index in [2.05, 4.69) is 4.98 Å². The number of aromatic nitrogens is 1. The van der Waals surface area contributed by atoms with E-state index in [9.17, 15) is 4.79 Å². The largest absolute Gasteiger partial charge is 0.488 e. The Hall–Kier alpha value is -2.94. The molecule has 0 radical (unpaired) electrons. The number of carbonyl (C=O) groups excluding carboxylic acids is 1. The average molecular weight is 289 g/mol. The molecular formula is C19H15NO2. The first-order valence-corrected chi connectivity index (χ1v) is 7.05. The van der Waals surface area contributed by atoms with E-state index in [1.807, 2.05) is 54.6 Å². The highest BCUT2D eigenvalue weighted by molar-refractivity contribution is 5.87. The molecule has 0 bridgehead atoms. The predicted molar refractivity (Wildman–Crippen MR) is 85.8 cm³/mol. The van der Waals surface area contributed by atoms with Gasteiger partial charge in [0, 0.05) is 17.3 Å². The zero-order chi connectivity index (χ0) is 15.2. The molecule has 0 aliphatic carbocycles. The van der Waals surface area contributed by atoms with Crippen molar-refractivity contribution in [1.29, 1.82) is 0 Å². The number of aldehydes is 1. The lowest BCUT2D eigenvalue weighted by Crippen LogP contribution is -1.98. The van der Waals surface area contributed by atoms with Gasteiger partial charge in [-0.15, -0.1) is 0 Å². The molecule has 2 aromatic carbocycles. The first-order chi connectivity index (χ1) is 10.9. The van der Waals surface area contributed by atoms with E-state index in [4.69, 9.17) is 4.74 Å². The third-order valence-electron chi connectivity index (χ3n) is 3.35. The number of rotatable bonds is 5. The summed E-state index contributed by atoms with van der Waals surface area (Å²) >= 11 is 0. The molecule has 0 spiro atoms. The molecule has 0 unspecified atom stereocenters. The first kappa shape index (κ1) is 14.0. The molecule has 0 atom stereocenters. The van der Waals surface area contributed by atoms with Crippen LogP contribution in [0.4, 0.5) is 0 Å². The van der Waals surface area contributed by atoms with E-state index >= 15 is 0 Å². The lowest BCUT2D eigenvalue weighted by Gasteiger charge is -2.12. The van der Waals surface area contributed by atoms with Crippen molar-refractivity contribution in [3.63, 3.8) is 0 Å². The fourth-order valence-electron chi connectivity index (χ4n) is 2.26. The number of nitrogens with zero attached hydrogens (tertiary/aromatic N) is 1. The summed E-state index contributed by atoms with van der Waals surface area (Å²) in [6, 6.07) is 21.1. The Bertz CT molecular complexity index is 769. The minimum absolute atomic E-state index is 0.473. The number of pyridine rings is 1. The summed E-state index contributed by atoms with van der Waals surface area (Å²) in [5.41, 5.74) is 3.11. The van der Waals surface area contributed by atoms with Gasteiger partial charge in [0.15, 0.2) is 6.29 Å². The molecule has 3 heteroatoms. The second-order valence-electron chi connectivity index (χ2n) is 4.83. The van der Waals surface area contributed by atoms with Crippen molar-refractivity contribution in [2.24, 2.45) is 0 Å². The van der Waals surface area contributed by atoms with Gasteiger partial charge in [0.2, 0.25) is 0 Å². The molecular weight excluding hydrogens is 274 g/mol. The number of hydrogen-bond donors (Lipinski definition) is 0. The van der Waals surface area contributed by atoms with Crippen molar-refractivity contribution in [3.05, 3.63) is 84.1 Å². The van der Waals surface area contributed by atoms with Gasteiger partial charge in [-0.25, -0.2) is 0 Å². The molecule has 3 nitrogen and oxygen atoms in total. The van der Waals surface area contributed by atoms with Gasteiger partial charge in [-0.1, -0.05) is 42.5 Å². The Morgan fingerprint density at radius 1 is 0.909 bits per heavy atom. The van der Waals surface area contributed by atoms with Crippen LogP contribution in [0.25, 0.3) is 11.3 Å². The fourth-order valence-corrected chi connectivity index (χ4v) is 2.26. The van der Waals surface area contributed by atoms with Gasteiger partial charge in [-0.2, -0.15) is 0 Å². The topological polar surface area (TPSA) is 39.2 Å². The van der Waals surface area contributed by atoms with Crippen molar-refractivity contribution in [2.45, 2.75) is 6.61 Å². The summed E-state index contributed by atoms with van der Waals surface area (Å²) < 4.78 is 5.92. The molecule has 3 aromatic rings. The highest BCUT2D eigenvalue weighted by atomic mass is 16.5. The second kappa shape index (κ2) is 6.68. The van der Waals surface area contributed by atoms with E-state index in [0.29, 0.717) is 23.6 Å². The smallest absolute Gasteiger partial charge is 0.152 e. The zero-order valence-corrected chi connectivity index (χ0v) is 12.0. The maximum Gasteiger partial charge on any atom is 0.152 e. The van der Waals surface area contributed by atoms with Gasteiger partial charge < -0.3 is 4.74 Å². The number of hydrogen-bond acceptors (Lipinski definition) is 3. The molecule has 0 amide bonds. The molecule has 1 heterocycles. The molecule has 0 saturated heterocycles. The molecule has 0 aliphatic rings. The lowest BCUT2D eigenvalue weighted by molar-refractivity contribution is 0.112. The van der Waals surface area contributed by atoms with E-state index in [-0.39, 0.29) is 0 Å². The van der Waals surface area contributed by atoms with Crippen LogP contribution in [0.15, 0.2) is 72.9 Å². The van der Waals surface area contributed by atoms with Crippen molar-refractivity contribution < 1.29 is 9.53 Å². The van der Waals surface area contributed by atoms with Crippen LogP contribution in [-0.4, -0.2) is 11.3 Å². The van der Waals surface area contributed by atoms with Gasteiger partial charge in [0.25, 0.3) is 0 Å². The normalized spacial score (nSPS) is 10.2. The minimum atomic E-state index is 0.473. The Morgan fingerprint density at radius 2 is 1.68 bits per heavy atom. The molecule has 1 aromatic heterocycles. The molecule has 108 valence electrons. The highest BCUT2D eigenvalue weighted by Crippen LogP contribution is 2.30. The molecule has 0 fully saturated rings. The van der Waals surface area contributed by atoms with Gasteiger partial charge in [-0.05, 0) is 29.8 Å². The van der Waals surface area contributed by atoms with Gasteiger partial charge in [0.05, 0.1) is 5.69 Å². The summed E-state index contributed by atoms with van der Waals surface area (Å²) in [4.78, 5) is 15.5. The van der Waals surface area contributed by atoms with E-state index in [1.54, 1.807) is 18.3 Å². The molecule has 22 heavy (non-hydrogen) atoms. The quantitative estimate of drug-likeness (QED) is 0.663. The molecule has 3 rings (SSSR count). The Labute approximate surface area is 129 Å². The van der Waals surface area contributed by atoms with Gasteiger partial charge >= 0.3 is 0 Å². The summed E-state index contributed by atoms with van der Waals surface area (Å²) in [5.74, 6) is 0.716. The van der Waals surface area contributed by atoms with Crippen LogP contribution in [0.5, 0.6) is 5.75 Å². The standard InChI is InChI=1S/C19H15NO2/c21-13-16-9-6-12-20-19(16)17-10-4-5-11-18(17)22-14-15-7-2-1-3-8-15/h1-13H,14H2. The van der Waals surface area contributed by atoms with Crippen LogP contribution in [0.2, 0.25) is 0 Å². The van der Waals surface area contributed by atoms with E-state index in [1.165, 1.54) is 0 Å². The Morgan fingerprint density at radius 3 is 2.50 bits per heavy atom. The Kier molecular flexibility index (Phi) is 4.25. The predicted octanol–water partition coefficient (Wildman–Crippen LogP) is 4.14. The summed E-state index contributed by atoms with van der Waals surface area (Å²) in [5, 5.41) is 0. The van der Waals surface area contributed by atoms with E-state index < -0.39 is 0 Å². The SMILES string of the molecule is O=Cc1cccnc1-c1ccccc1OCc1ccccc1. The van der Waals surface area contributed by atoms with Crippen molar-refractivity contribution in [2.75, 3.05) is 0 Å². The maximum atomic E-state index is 11.2. The lowest BCUT2D eigenvalue weighted by atomic mass is 10.1. The number of benzene rings is 2. The summed E-state index contributed by atoms with van der Waals surface area (Å²) in [6.45, 7) is 0.473. The highest BCUT2D eigenvalue weighted by Gasteiger charge is 2.11. The second-order valence-corrected chi connectivity index (χ2v) is 4.83. The van der Waals surface area contributed by atoms with Crippen molar-refractivity contribution >= 4 is 6.29 Å². The van der Waals surface area contributed by atoms with Crippen molar-refractivity contribution in [1.82, 2.24) is 4.98 Å². The molecule has 0 aliphatic heterocycles.